The fourth-order valence-corrected chi connectivity index (χ4v) is 4.81. The highest BCUT2D eigenvalue weighted by molar-refractivity contribution is 7.91. The molecule has 0 aliphatic heterocycles. The Labute approximate surface area is 125 Å². The molecule has 114 valence electrons. The molecule has 5 heteroatoms. The van der Waals surface area contributed by atoms with Crippen LogP contribution in [-0.4, -0.2) is 25.2 Å². The second-order valence-electron chi connectivity index (χ2n) is 5.68. The minimum Gasteiger partial charge on any atom is -0.481 e. The van der Waals surface area contributed by atoms with Gasteiger partial charge in [-0.05, 0) is 43.2 Å². The summed E-state index contributed by atoms with van der Waals surface area (Å²) in [7, 11) is -3.39. The zero-order valence-electron chi connectivity index (χ0n) is 11.9. The molecule has 0 heterocycles. The SMILES string of the molecule is O=C(O)CCC1(CS(=O)(=O)c2ccccc2)CC=CCC1. The molecule has 1 unspecified atom stereocenters. The third-order valence-corrected chi connectivity index (χ3v) is 6.01. The Morgan fingerprint density at radius 3 is 2.48 bits per heavy atom. The highest BCUT2D eigenvalue weighted by Crippen LogP contribution is 2.39. The molecule has 0 bridgehead atoms. The van der Waals surface area contributed by atoms with Gasteiger partial charge < -0.3 is 5.11 Å². The average Bonchev–Trinajstić information content (AvgIpc) is 2.47. The van der Waals surface area contributed by atoms with Gasteiger partial charge in [0.05, 0.1) is 10.6 Å². The summed E-state index contributed by atoms with van der Waals surface area (Å²) in [5, 5.41) is 8.91. The fourth-order valence-electron chi connectivity index (χ4n) is 2.86. The van der Waals surface area contributed by atoms with Crippen LogP contribution in [0, 0.1) is 5.41 Å². The molecule has 0 aromatic heterocycles. The summed E-state index contributed by atoms with van der Waals surface area (Å²) in [6, 6.07) is 8.38. The molecule has 0 radical (unpaired) electrons. The van der Waals surface area contributed by atoms with Crippen LogP contribution in [0.25, 0.3) is 0 Å². The largest absolute Gasteiger partial charge is 0.481 e. The number of hydrogen-bond acceptors (Lipinski definition) is 3. The van der Waals surface area contributed by atoms with Crippen LogP contribution in [0.3, 0.4) is 0 Å². The summed E-state index contributed by atoms with van der Waals surface area (Å²) in [5.74, 6) is -0.859. The Bertz CT molecular complexity index is 619. The van der Waals surface area contributed by atoms with Crippen molar-refractivity contribution in [1.82, 2.24) is 0 Å². The third-order valence-electron chi connectivity index (χ3n) is 4.03. The highest BCUT2D eigenvalue weighted by atomic mass is 32.2. The van der Waals surface area contributed by atoms with Crippen LogP contribution >= 0.6 is 0 Å². The van der Waals surface area contributed by atoms with Crippen molar-refractivity contribution in [2.45, 2.75) is 37.0 Å². The maximum atomic E-state index is 12.6. The second-order valence-corrected chi connectivity index (χ2v) is 7.67. The van der Waals surface area contributed by atoms with Crippen LogP contribution in [0.2, 0.25) is 0 Å². The molecule has 1 atom stereocenters. The number of carbonyl (C=O) groups is 1. The van der Waals surface area contributed by atoms with Gasteiger partial charge in [-0.25, -0.2) is 8.42 Å². The van der Waals surface area contributed by atoms with E-state index in [0.717, 1.165) is 12.8 Å². The first kappa shape index (κ1) is 15.8. The van der Waals surface area contributed by atoms with Gasteiger partial charge in [-0.15, -0.1) is 0 Å². The first-order valence-corrected chi connectivity index (χ1v) is 8.73. The Hall–Kier alpha value is -1.62. The van der Waals surface area contributed by atoms with E-state index in [9.17, 15) is 13.2 Å². The highest BCUT2D eigenvalue weighted by Gasteiger charge is 2.36. The third kappa shape index (κ3) is 4.17. The van der Waals surface area contributed by atoms with Gasteiger partial charge in [-0.1, -0.05) is 30.4 Å². The van der Waals surface area contributed by atoms with Crippen molar-refractivity contribution in [1.29, 1.82) is 0 Å². The minimum atomic E-state index is -3.39. The molecular formula is C16H20O4S. The number of hydrogen-bond donors (Lipinski definition) is 1. The van der Waals surface area contributed by atoms with Gasteiger partial charge in [0.25, 0.3) is 0 Å². The summed E-state index contributed by atoms with van der Waals surface area (Å²) in [5.41, 5.74) is -0.457. The van der Waals surface area contributed by atoms with Crippen LogP contribution in [0.1, 0.15) is 32.1 Å². The van der Waals surface area contributed by atoms with Crippen LogP contribution in [0.4, 0.5) is 0 Å². The van der Waals surface area contributed by atoms with E-state index in [0.29, 0.717) is 17.7 Å². The predicted molar refractivity (Wildman–Crippen MR) is 80.8 cm³/mol. The van der Waals surface area contributed by atoms with Gasteiger partial charge in [0, 0.05) is 6.42 Å². The smallest absolute Gasteiger partial charge is 0.303 e. The maximum Gasteiger partial charge on any atom is 0.303 e. The lowest BCUT2D eigenvalue weighted by molar-refractivity contribution is -0.137. The van der Waals surface area contributed by atoms with E-state index in [1.54, 1.807) is 30.3 Å². The van der Waals surface area contributed by atoms with Crippen LogP contribution in [0.5, 0.6) is 0 Å². The molecule has 21 heavy (non-hydrogen) atoms. The van der Waals surface area contributed by atoms with Crippen molar-refractivity contribution in [2.75, 3.05) is 5.75 Å². The molecule has 0 spiro atoms. The summed E-state index contributed by atoms with van der Waals surface area (Å²) in [4.78, 5) is 11.2. The number of benzene rings is 1. The van der Waals surface area contributed by atoms with Gasteiger partial charge in [-0.3, -0.25) is 4.79 Å². The Morgan fingerprint density at radius 2 is 1.90 bits per heavy atom. The molecule has 0 saturated carbocycles. The van der Waals surface area contributed by atoms with Gasteiger partial charge in [0.1, 0.15) is 0 Å². The molecule has 0 fully saturated rings. The maximum absolute atomic E-state index is 12.6. The molecule has 0 amide bonds. The summed E-state index contributed by atoms with van der Waals surface area (Å²) in [6.45, 7) is 0. The van der Waals surface area contributed by atoms with E-state index in [1.807, 2.05) is 12.2 Å². The lowest BCUT2D eigenvalue weighted by Gasteiger charge is -2.34. The molecule has 0 saturated heterocycles. The molecule has 4 nitrogen and oxygen atoms in total. The Morgan fingerprint density at radius 1 is 1.19 bits per heavy atom. The monoisotopic (exact) mass is 308 g/mol. The van der Waals surface area contributed by atoms with Gasteiger partial charge >= 0.3 is 5.97 Å². The van der Waals surface area contributed by atoms with Gasteiger partial charge in [0.2, 0.25) is 0 Å². The topological polar surface area (TPSA) is 71.4 Å². The van der Waals surface area contributed by atoms with Crippen molar-refractivity contribution >= 4 is 15.8 Å². The number of carboxylic acid groups (broad SMARTS) is 1. The first-order valence-electron chi connectivity index (χ1n) is 7.08. The van der Waals surface area contributed by atoms with E-state index in [1.165, 1.54) is 0 Å². The minimum absolute atomic E-state index is 0.0121. The fraction of sp³-hybridized carbons (Fsp3) is 0.438. The zero-order chi connectivity index (χ0) is 15.3. The summed E-state index contributed by atoms with van der Waals surface area (Å²) in [6.07, 6.45) is 6.59. The average molecular weight is 308 g/mol. The molecule has 1 aromatic carbocycles. The number of rotatable bonds is 6. The van der Waals surface area contributed by atoms with E-state index in [2.05, 4.69) is 0 Å². The predicted octanol–water partition coefficient (Wildman–Crippen LogP) is 3.05. The van der Waals surface area contributed by atoms with E-state index in [4.69, 9.17) is 5.11 Å². The molecule has 1 aliphatic carbocycles. The number of aliphatic carboxylic acids is 1. The van der Waals surface area contributed by atoms with Crippen molar-refractivity contribution in [3.8, 4) is 0 Å². The van der Waals surface area contributed by atoms with E-state index >= 15 is 0 Å². The summed E-state index contributed by atoms with van der Waals surface area (Å²) < 4.78 is 25.2. The lowest BCUT2D eigenvalue weighted by Crippen LogP contribution is -2.32. The second kappa shape index (κ2) is 6.43. The standard InChI is InChI=1S/C16H20O4S/c17-15(18)9-12-16(10-5-2-6-11-16)13-21(19,20)14-7-3-1-4-8-14/h1-5,7-8H,6,9-13H2,(H,17,18). The molecular weight excluding hydrogens is 288 g/mol. The van der Waals surface area contributed by atoms with Crippen molar-refractivity contribution in [3.63, 3.8) is 0 Å². The van der Waals surface area contributed by atoms with Crippen LogP contribution in [0.15, 0.2) is 47.4 Å². The van der Waals surface area contributed by atoms with Crippen LogP contribution < -0.4 is 0 Å². The number of sulfone groups is 1. The molecule has 1 aliphatic rings. The first-order chi connectivity index (χ1) is 9.94. The summed E-state index contributed by atoms with van der Waals surface area (Å²) >= 11 is 0. The van der Waals surface area contributed by atoms with Gasteiger partial charge in [-0.2, -0.15) is 0 Å². The quantitative estimate of drug-likeness (QED) is 0.820. The number of carboxylic acids is 1. The van der Waals surface area contributed by atoms with Crippen molar-refractivity contribution in [2.24, 2.45) is 5.41 Å². The van der Waals surface area contributed by atoms with E-state index < -0.39 is 21.2 Å². The van der Waals surface area contributed by atoms with Gasteiger partial charge in [0.15, 0.2) is 9.84 Å². The molecule has 1 aromatic rings. The van der Waals surface area contributed by atoms with Crippen molar-refractivity contribution in [3.05, 3.63) is 42.5 Å². The molecule has 1 N–H and O–H groups in total. The Balaban J connectivity index is 2.22. The molecule has 2 rings (SSSR count). The Kier molecular flexibility index (Phi) is 4.83. The zero-order valence-corrected chi connectivity index (χ0v) is 12.7. The van der Waals surface area contributed by atoms with Crippen molar-refractivity contribution < 1.29 is 18.3 Å². The van der Waals surface area contributed by atoms with Crippen LogP contribution in [-0.2, 0) is 14.6 Å². The lowest BCUT2D eigenvalue weighted by atomic mass is 9.75. The van der Waals surface area contributed by atoms with E-state index in [-0.39, 0.29) is 12.2 Å². The number of allylic oxidation sites excluding steroid dienone is 2. The normalized spacial score (nSPS) is 22.1.